The summed E-state index contributed by atoms with van der Waals surface area (Å²) < 4.78 is 1.75. The summed E-state index contributed by atoms with van der Waals surface area (Å²) in [5.74, 6) is 0. The third-order valence-electron chi connectivity index (χ3n) is 4.46. The van der Waals surface area contributed by atoms with E-state index in [9.17, 15) is 5.53 Å². The Kier molecular flexibility index (Phi) is 3.87. The smallest absolute Gasteiger partial charge is 0.0261 e. The van der Waals surface area contributed by atoms with Crippen LogP contribution in [0.2, 0.25) is 0 Å². The van der Waals surface area contributed by atoms with Gasteiger partial charge >= 0.3 is 0 Å². The van der Waals surface area contributed by atoms with Gasteiger partial charge in [0.1, 0.15) is 0 Å². The lowest BCUT2D eigenvalue weighted by atomic mass is 10.0. The van der Waals surface area contributed by atoms with Crippen LogP contribution in [0.3, 0.4) is 0 Å². The van der Waals surface area contributed by atoms with E-state index in [1.165, 1.54) is 22.3 Å². The van der Waals surface area contributed by atoms with Crippen molar-refractivity contribution in [2.45, 2.75) is 27.7 Å². The predicted octanol–water partition coefficient (Wildman–Crippen LogP) is 3.92. The van der Waals surface area contributed by atoms with Crippen LogP contribution in [0.5, 0.6) is 0 Å². The molecule has 0 radical (unpaired) electrons. The zero-order chi connectivity index (χ0) is 16.6. The lowest BCUT2D eigenvalue weighted by Crippen LogP contribution is -2.68. The number of aromatic nitrogens is 1. The van der Waals surface area contributed by atoms with Gasteiger partial charge in [-0.05, 0) is 61.1 Å². The van der Waals surface area contributed by atoms with Crippen molar-refractivity contribution in [2.24, 2.45) is 0 Å². The molecule has 3 aromatic rings. The Morgan fingerprint density at radius 3 is 1.30 bits per heavy atom. The van der Waals surface area contributed by atoms with Crippen molar-refractivity contribution in [3.8, 4) is 22.5 Å². The zero-order valence-corrected chi connectivity index (χ0v) is 14.0. The number of hydrogen-bond donors (Lipinski definition) is 1. The molecule has 0 unspecified atom stereocenters. The zero-order valence-electron chi connectivity index (χ0n) is 14.0. The molecular weight excluding hydrogens is 282 g/mol. The molecule has 3 rings (SSSR count). The number of benzene rings is 2. The highest BCUT2D eigenvalue weighted by Crippen LogP contribution is 2.33. The Morgan fingerprint density at radius 1 is 0.652 bits per heavy atom. The van der Waals surface area contributed by atoms with E-state index in [1.54, 1.807) is 4.68 Å². The predicted molar refractivity (Wildman–Crippen MR) is 94.0 cm³/mol. The van der Waals surface area contributed by atoms with Crippen LogP contribution < -0.4 is 5.22 Å². The van der Waals surface area contributed by atoms with Crippen LogP contribution in [-0.2, 0) is 0 Å². The minimum Gasteiger partial charge on any atom is -0.225 e. The van der Waals surface area contributed by atoms with Gasteiger partial charge in [0.2, 0.25) is 0 Å². The van der Waals surface area contributed by atoms with E-state index < -0.39 is 0 Å². The number of hydrogen-bond acceptors (Lipinski definition) is 0. The summed E-state index contributed by atoms with van der Waals surface area (Å²) in [7, 11) is 0. The highest BCUT2D eigenvalue weighted by atomic mass is 15.4. The molecule has 0 bridgehead atoms. The fourth-order valence-corrected chi connectivity index (χ4v) is 3.37. The summed E-state index contributed by atoms with van der Waals surface area (Å²) in [5.41, 5.74) is 18.7. The van der Waals surface area contributed by atoms with Gasteiger partial charge in [0.15, 0.2) is 0 Å². The maximum absolute atomic E-state index is 9.79. The van der Waals surface area contributed by atoms with Gasteiger partial charge in [0.25, 0.3) is 0 Å². The quantitative estimate of drug-likeness (QED) is 0.713. The molecule has 1 aromatic heterocycles. The van der Waals surface area contributed by atoms with Crippen molar-refractivity contribution < 1.29 is 5.22 Å². The summed E-state index contributed by atoms with van der Waals surface area (Å²) in [5, 5.41) is 2.37. The molecule has 0 aliphatic rings. The summed E-state index contributed by atoms with van der Waals surface area (Å²) in [6.45, 7) is 8.37. The SMILES string of the molecule is Cc1cccc(C)c1-c1ccc(-c2c(C)cccc2C)n1[NH+]=[N-]. The first-order valence-corrected chi connectivity index (χ1v) is 7.79. The van der Waals surface area contributed by atoms with E-state index in [-0.39, 0.29) is 0 Å². The Labute approximate surface area is 137 Å². The first-order valence-electron chi connectivity index (χ1n) is 7.79. The normalized spacial score (nSPS) is 10.8. The standard InChI is InChI=1S/C20H21N3/c1-13-7-5-8-14(2)19(13)17-11-12-18(23(17)22-21)20-15(3)9-6-10-16(20)4/h5-12,22H,1-4H3. The van der Waals surface area contributed by atoms with Crippen LogP contribution in [0.1, 0.15) is 22.3 Å². The van der Waals surface area contributed by atoms with Crippen LogP contribution in [0, 0.1) is 27.7 Å². The summed E-state index contributed by atoms with van der Waals surface area (Å²) >= 11 is 0. The minimum atomic E-state index is 0.959. The highest BCUT2D eigenvalue weighted by Gasteiger charge is 2.14. The molecule has 0 spiro atoms. The Hall–Kier alpha value is -2.68. The van der Waals surface area contributed by atoms with Crippen LogP contribution in [-0.4, -0.2) is 4.68 Å². The third kappa shape index (κ3) is 2.48. The molecular formula is C20H21N3. The molecule has 3 nitrogen and oxygen atoms in total. The number of nitrogens with one attached hydrogen (secondary N) is 1. The molecule has 2 aromatic carbocycles. The van der Waals surface area contributed by atoms with Crippen LogP contribution in [0.25, 0.3) is 28.0 Å². The molecule has 23 heavy (non-hydrogen) atoms. The van der Waals surface area contributed by atoms with E-state index in [4.69, 9.17) is 0 Å². The lowest BCUT2D eigenvalue weighted by Gasteiger charge is -2.16. The topological polar surface area (TPSA) is 41.2 Å². The van der Waals surface area contributed by atoms with Crippen molar-refractivity contribution in [2.75, 3.05) is 0 Å². The second-order valence-electron chi connectivity index (χ2n) is 6.07. The molecule has 1 heterocycles. The molecule has 0 atom stereocenters. The van der Waals surface area contributed by atoms with Crippen LogP contribution in [0.15, 0.2) is 48.5 Å². The molecule has 0 amide bonds. The van der Waals surface area contributed by atoms with Gasteiger partial charge in [-0.15, -0.1) is 0 Å². The summed E-state index contributed by atoms with van der Waals surface area (Å²) in [4.78, 5) is 0. The third-order valence-corrected chi connectivity index (χ3v) is 4.46. The van der Waals surface area contributed by atoms with Gasteiger partial charge in [-0.1, -0.05) is 48.5 Å². The fourth-order valence-electron chi connectivity index (χ4n) is 3.37. The first kappa shape index (κ1) is 15.2. The van der Waals surface area contributed by atoms with E-state index in [2.05, 4.69) is 81.4 Å². The van der Waals surface area contributed by atoms with Gasteiger partial charge in [0.05, 0.1) is 0 Å². The van der Waals surface area contributed by atoms with E-state index >= 15 is 0 Å². The number of nitrogens with zero attached hydrogens (tertiary/aromatic N) is 2. The molecule has 1 N–H and O–H groups in total. The van der Waals surface area contributed by atoms with Crippen molar-refractivity contribution in [1.82, 2.24) is 4.68 Å². The number of rotatable bonds is 3. The lowest BCUT2D eigenvalue weighted by molar-refractivity contribution is -0.542. The second kappa shape index (κ2) is 5.84. The molecule has 0 saturated carbocycles. The second-order valence-corrected chi connectivity index (χ2v) is 6.07. The average Bonchev–Trinajstić information content (AvgIpc) is 2.90. The molecule has 0 aliphatic heterocycles. The molecule has 3 heteroatoms. The van der Waals surface area contributed by atoms with Crippen molar-refractivity contribution in [3.05, 3.63) is 76.3 Å². The Bertz CT molecular complexity index is 778. The van der Waals surface area contributed by atoms with Gasteiger partial charge in [-0.25, -0.2) is 4.68 Å². The molecule has 0 fully saturated rings. The maximum atomic E-state index is 9.79. The summed E-state index contributed by atoms with van der Waals surface area (Å²) in [6, 6.07) is 16.6. The van der Waals surface area contributed by atoms with Crippen molar-refractivity contribution in [3.63, 3.8) is 0 Å². The van der Waals surface area contributed by atoms with E-state index in [0.717, 1.165) is 22.5 Å². The van der Waals surface area contributed by atoms with Crippen LogP contribution >= 0.6 is 0 Å². The van der Waals surface area contributed by atoms with E-state index in [0.29, 0.717) is 0 Å². The fraction of sp³-hybridized carbons (Fsp3) is 0.200. The van der Waals surface area contributed by atoms with E-state index in [1.807, 2.05) is 0 Å². The Balaban J connectivity index is 2.29. The van der Waals surface area contributed by atoms with Gasteiger partial charge < -0.3 is 0 Å². The van der Waals surface area contributed by atoms with Gasteiger partial charge in [-0.3, -0.25) is 0 Å². The highest BCUT2D eigenvalue weighted by molar-refractivity contribution is 5.75. The van der Waals surface area contributed by atoms with Gasteiger partial charge in [-0.2, -0.15) is 10.8 Å². The molecule has 0 aliphatic carbocycles. The maximum Gasteiger partial charge on any atom is 0.0261 e. The van der Waals surface area contributed by atoms with Crippen molar-refractivity contribution in [1.29, 1.82) is 0 Å². The van der Waals surface area contributed by atoms with Crippen molar-refractivity contribution >= 4 is 0 Å². The van der Waals surface area contributed by atoms with Gasteiger partial charge in [0, 0.05) is 11.4 Å². The summed E-state index contributed by atoms with van der Waals surface area (Å²) in [6.07, 6.45) is 0. The molecule has 0 saturated heterocycles. The first-order chi connectivity index (χ1) is 11.0. The monoisotopic (exact) mass is 303 g/mol. The van der Waals surface area contributed by atoms with Crippen LogP contribution in [0.4, 0.5) is 0 Å². The minimum absolute atomic E-state index is 0.959. The average molecular weight is 303 g/mol. The largest absolute Gasteiger partial charge is 0.225 e. The Morgan fingerprint density at radius 2 is 1.00 bits per heavy atom. The molecule has 116 valence electrons. The number of aryl methyl sites for hydroxylation is 4.